The van der Waals surface area contributed by atoms with Crippen LogP contribution in [0.5, 0.6) is 0 Å². The first-order valence-electron chi connectivity index (χ1n) is 5.27. The van der Waals surface area contributed by atoms with E-state index in [2.05, 4.69) is 32.1 Å². The third-order valence-electron chi connectivity index (χ3n) is 2.78. The second-order valence-electron chi connectivity index (χ2n) is 3.92. The monoisotopic (exact) mass is 287 g/mol. The summed E-state index contributed by atoms with van der Waals surface area (Å²) in [6.45, 7) is 0. The van der Waals surface area contributed by atoms with E-state index >= 15 is 0 Å². The van der Waals surface area contributed by atoms with Crippen LogP contribution in [0.25, 0.3) is 21.9 Å². The van der Waals surface area contributed by atoms with Crippen molar-refractivity contribution in [2.75, 3.05) is 0 Å². The number of nitrogens with zero attached hydrogens (tertiary/aromatic N) is 3. The summed E-state index contributed by atoms with van der Waals surface area (Å²) in [5.41, 5.74) is 2.30. The molecule has 0 N–H and O–H groups in total. The van der Waals surface area contributed by atoms with Crippen molar-refractivity contribution in [2.24, 2.45) is 7.05 Å². The highest BCUT2D eigenvalue weighted by Gasteiger charge is 2.07. The van der Waals surface area contributed by atoms with Crippen LogP contribution in [0.3, 0.4) is 0 Å². The molecule has 0 aliphatic carbocycles. The van der Waals surface area contributed by atoms with Gasteiger partial charge in [-0.1, -0.05) is 22.0 Å². The van der Waals surface area contributed by atoms with Gasteiger partial charge in [0.1, 0.15) is 0 Å². The summed E-state index contributed by atoms with van der Waals surface area (Å²) >= 11 is 3.55. The Kier molecular flexibility index (Phi) is 2.44. The lowest BCUT2D eigenvalue weighted by atomic mass is 10.0. The Labute approximate surface area is 107 Å². The second kappa shape index (κ2) is 3.96. The molecule has 0 unspecified atom stereocenters. The second-order valence-corrected chi connectivity index (χ2v) is 4.77. The Morgan fingerprint density at radius 3 is 2.76 bits per heavy atom. The summed E-state index contributed by atoms with van der Waals surface area (Å²) in [5.74, 6) is 0. The van der Waals surface area contributed by atoms with Crippen LogP contribution in [0.1, 0.15) is 0 Å². The SMILES string of the molecule is Cn1cc(-c2ccc(Br)c3cnccc23)cn1. The summed E-state index contributed by atoms with van der Waals surface area (Å²) in [5, 5.41) is 6.51. The van der Waals surface area contributed by atoms with E-state index in [1.165, 1.54) is 10.9 Å². The minimum atomic E-state index is 1.06. The lowest BCUT2D eigenvalue weighted by Crippen LogP contribution is -1.85. The highest BCUT2D eigenvalue weighted by atomic mass is 79.9. The molecule has 3 aromatic rings. The van der Waals surface area contributed by atoms with Gasteiger partial charge in [0, 0.05) is 41.1 Å². The molecule has 3 rings (SSSR count). The first kappa shape index (κ1) is 10.5. The number of hydrogen-bond donors (Lipinski definition) is 0. The molecule has 2 aromatic heterocycles. The third kappa shape index (κ3) is 1.74. The fraction of sp³-hybridized carbons (Fsp3) is 0.0769. The quantitative estimate of drug-likeness (QED) is 0.687. The molecule has 1 aromatic carbocycles. The molecule has 0 fully saturated rings. The Hall–Kier alpha value is -1.68. The molecule has 0 amide bonds. The first-order valence-corrected chi connectivity index (χ1v) is 6.06. The van der Waals surface area contributed by atoms with Gasteiger partial charge in [-0.15, -0.1) is 0 Å². The van der Waals surface area contributed by atoms with E-state index in [1.807, 2.05) is 48.6 Å². The van der Waals surface area contributed by atoms with Gasteiger partial charge in [0.15, 0.2) is 0 Å². The minimum absolute atomic E-state index is 1.06. The number of benzene rings is 1. The number of hydrogen-bond acceptors (Lipinski definition) is 2. The standard InChI is InChI=1S/C13H10BrN3/c1-17-8-9(6-16-17)10-2-3-13(14)12-7-15-5-4-11(10)12/h2-8H,1H3. The first-order chi connectivity index (χ1) is 8.25. The molecular weight excluding hydrogens is 278 g/mol. The van der Waals surface area contributed by atoms with Crippen LogP contribution >= 0.6 is 15.9 Å². The zero-order chi connectivity index (χ0) is 11.8. The van der Waals surface area contributed by atoms with E-state index in [0.29, 0.717) is 0 Å². The van der Waals surface area contributed by atoms with Crippen molar-refractivity contribution >= 4 is 26.7 Å². The topological polar surface area (TPSA) is 30.7 Å². The van der Waals surface area contributed by atoms with E-state index in [0.717, 1.165) is 15.4 Å². The summed E-state index contributed by atoms with van der Waals surface area (Å²) in [6.07, 6.45) is 7.58. The molecule has 0 aliphatic rings. The van der Waals surface area contributed by atoms with Gasteiger partial charge >= 0.3 is 0 Å². The predicted molar refractivity (Wildman–Crippen MR) is 71.6 cm³/mol. The molecule has 2 heterocycles. The summed E-state index contributed by atoms with van der Waals surface area (Å²) in [7, 11) is 1.92. The number of aryl methyl sites for hydroxylation is 1. The molecule has 4 heteroatoms. The Balaban J connectivity index is 2.34. The van der Waals surface area contributed by atoms with Crippen molar-refractivity contribution in [1.29, 1.82) is 0 Å². The van der Waals surface area contributed by atoms with Gasteiger partial charge in [0.25, 0.3) is 0 Å². The molecule has 17 heavy (non-hydrogen) atoms. The number of fused-ring (bicyclic) bond motifs is 1. The van der Waals surface area contributed by atoms with Crippen molar-refractivity contribution < 1.29 is 0 Å². The normalized spacial score (nSPS) is 10.9. The number of halogens is 1. The average molecular weight is 288 g/mol. The van der Waals surface area contributed by atoms with Crippen LogP contribution in [0, 0.1) is 0 Å². The van der Waals surface area contributed by atoms with E-state index in [-0.39, 0.29) is 0 Å². The van der Waals surface area contributed by atoms with Gasteiger partial charge in [-0.05, 0) is 23.1 Å². The molecular formula is C13H10BrN3. The van der Waals surface area contributed by atoms with Crippen molar-refractivity contribution in [3.8, 4) is 11.1 Å². The maximum absolute atomic E-state index is 4.21. The maximum atomic E-state index is 4.21. The van der Waals surface area contributed by atoms with E-state index < -0.39 is 0 Å². The molecule has 84 valence electrons. The van der Waals surface area contributed by atoms with Crippen molar-refractivity contribution in [3.05, 3.63) is 47.5 Å². The van der Waals surface area contributed by atoms with Crippen LogP contribution in [0.4, 0.5) is 0 Å². The molecule has 0 saturated carbocycles. The zero-order valence-corrected chi connectivity index (χ0v) is 10.8. The van der Waals surface area contributed by atoms with Crippen LogP contribution in [-0.4, -0.2) is 14.8 Å². The zero-order valence-electron chi connectivity index (χ0n) is 9.26. The molecule has 0 atom stereocenters. The van der Waals surface area contributed by atoms with Crippen LogP contribution in [0.2, 0.25) is 0 Å². The third-order valence-corrected chi connectivity index (χ3v) is 3.47. The van der Waals surface area contributed by atoms with E-state index in [1.54, 1.807) is 0 Å². The van der Waals surface area contributed by atoms with Gasteiger partial charge in [0.2, 0.25) is 0 Å². The summed E-state index contributed by atoms with van der Waals surface area (Å²) in [4.78, 5) is 4.16. The van der Waals surface area contributed by atoms with Gasteiger partial charge in [-0.25, -0.2) is 0 Å². The lowest BCUT2D eigenvalue weighted by molar-refractivity contribution is 0.768. The molecule has 0 aliphatic heterocycles. The minimum Gasteiger partial charge on any atom is -0.275 e. The smallest absolute Gasteiger partial charge is 0.0568 e. The van der Waals surface area contributed by atoms with Gasteiger partial charge in [-0.2, -0.15) is 5.10 Å². The average Bonchev–Trinajstić information content (AvgIpc) is 2.77. The lowest BCUT2D eigenvalue weighted by Gasteiger charge is -2.05. The Morgan fingerprint density at radius 1 is 1.12 bits per heavy atom. The molecule has 0 saturated heterocycles. The van der Waals surface area contributed by atoms with Gasteiger partial charge in [0.05, 0.1) is 6.20 Å². The van der Waals surface area contributed by atoms with Crippen molar-refractivity contribution in [1.82, 2.24) is 14.8 Å². The largest absolute Gasteiger partial charge is 0.275 e. The molecule has 0 radical (unpaired) electrons. The van der Waals surface area contributed by atoms with Crippen LogP contribution in [-0.2, 0) is 7.05 Å². The number of aromatic nitrogens is 3. The molecule has 3 nitrogen and oxygen atoms in total. The van der Waals surface area contributed by atoms with Crippen LogP contribution in [0.15, 0.2) is 47.5 Å². The fourth-order valence-corrected chi connectivity index (χ4v) is 2.42. The summed E-state index contributed by atoms with van der Waals surface area (Å²) in [6, 6.07) is 6.18. The highest BCUT2D eigenvalue weighted by molar-refractivity contribution is 9.10. The maximum Gasteiger partial charge on any atom is 0.0568 e. The number of pyridine rings is 1. The van der Waals surface area contributed by atoms with Crippen molar-refractivity contribution in [2.45, 2.75) is 0 Å². The number of rotatable bonds is 1. The highest BCUT2D eigenvalue weighted by Crippen LogP contribution is 2.32. The van der Waals surface area contributed by atoms with Crippen molar-refractivity contribution in [3.63, 3.8) is 0 Å². The van der Waals surface area contributed by atoms with Gasteiger partial charge < -0.3 is 0 Å². The van der Waals surface area contributed by atoms with E-state index in [9.17, 15) is 0 Å². The summed E-state index contributed by atoms with van der Waals surface area (Å²) < 4.78 is 2.87. The van der Waals surface area contributed by atoms with E-state index in [4.69, 9.17) is 0 Å². The van der Waals surface area contributed by atoms with Crippen LogP contribution < -0.4 is 0 Å². The molecule has 0 bridgehead atoms. The Morgan fingerprint density at radius 2 is 2.00 bits per heavy atom. The molecule has 0 spiro atoms. The fourth-order valence-electron chi connectivity index (χ4n) is 1.97. The Bertz CT molecular complexity index is 688. The van der Waals surface area contributed by atoms with Gasteiger partial charge in [-0.3, -0.25) is 9.67 Å². The predicted octanol–water partition coefficient (Wildman–Crippen LogP) is 3.40.